The van der Waals surface area contributed by atoms with Crippen molar-refractivity contribution in [1.29, 1.82) is 0 Å². The summed E-state index contributed by atoms with van der Waals surface area (Å²) < 4.78 is 38.2. The summed E-state index contributed by atoms with van der Waals surface area (Å²) in [5.74, 6) is 0.999. The average Bonchev–Trinajstić information content (AvgIpc) is 3.16. The predicted molar refractivity (Wildman–Crippen MR) is 109 cm³/mol. The van der Waals surface area contributed by atoms with Crippen LogP contribution >= 0.6 is 11.6 Å². The quantitative estimate of drug-likeness (QED) is 0.789. The normalized spacial score (nSPS) is 19.2. The largest absolute Gasteiger partial charge is 0.454 e. The number of nitrogens with zero attached hydrogens (tertiary/aromatic N) is 1. The number of hydrogen-bond acceptors (Lipinski definition) is 5. The van der Waals surface area contributed by atoms with Crippen LogP contribution in [0.15, 0.2) is 41.3 Å². The molecule has 4 rings (SSSR count). The summed E-state index contributed by atoms with van der Waals surface area (Å²) in [6.45, 7) is 3.07. The van der Waals surface area contributed by atoms with Gasteiger partial charge in [0.25, 0.3) is 5.91 Å². The first kappa shape index (κ1) is 20.0. The number of halogens is 1. The summed E-state index contributed by atoms with van der Waals surface area (Å²) in [6.07, 6.45) is 1.81. The zero-order chi connectivity index (χ0) is 20.6. The molecule has 2 aromatic carbocycles. The maximum Gasteiger partial charge on any atom is 0.255 e. The van der Waals surface area contributed by atoms with Gasteiger partial charge in [-0.25, -0.2) is 8.42 Å². The highest BCUT2D eigenvalue weighted by molar-refractivity contribution is 7.89. The van der Waals surface area contributed by atoms with Crippen LogP contribution in [-0.2, 0) is 10.0 Å². The van der Waals surface area contributed by atoms with Crippen molar-refractivity contribution in [2.45, 2.75) is 24.7 Å². The fourth-order valence-electron chi connectivity index (χ4n) is 3.52. The molecule has 1 amide bonds. The molecule has 0 saturated carbocycles. The van der Waals surface area contributed by atoms with Gasteiger partial charge in [0.1, 0.15) is 4.90 Å². The minimum absolute atomic E-state index is 0.0494. The van der Waals surface area contributed by atoms with Crippen LogP contribution in [0.3, 0.4) is 0 Å². The molecule has 0 bridgehead atoms. The monoisotopic (exact) mass is 436 g/mol. The number of benzene rings is 2. The summed E-state index contributed by atoms with van der Waals surface area (Å²) in [5, 5.41) is 2.85. The lowest BCUT2D eigenvalue weighted by atomic mass is 10.0. The van der Waals surface area contributed by atoms with E-state index < -0.39 is 15.9 Å². The van der Waals surface area contributed by atoms with Crippen molar-refractivity contribution >= 4 is 33.2 Å². The second kappa shape index (κ2) is 7.85. The zero-order valence-corrected chi connectivity index (χ0v) is 17.4. The highest BCUT2D eigenvalue weighted by Crippen LogP contribution is 2.34. The minimum atomic E-state index is -3.78. The number of rotatable bonds is 4. The first-order chi connectivity index (χ1) is 13.8. The molecule has 1 N–H and O–H groups in total. The lowest BCUT2D eigenvalue weighted by Crippen LogP contribution is -2.39. The van der Waals surface area contributed by atoms with Crippen LogP contribution in [0.1, 0.15) is 30.1 Å². The Bertz CT molecular complexity index is 1060. The molecule has 0 radical (unpaired) electrons. The number of carbonyl (C=O) groups excluding carboxylic acids is 1. The molecule has 1 saturated heterocycles. The van der Waals surface area contributed by atoms with Crippen LogP contribution in [0, 0.1) is 5.92 Å². The number of piperidine rings is 1. The van der Waals surface area contributed by atoms with Gasteiger partial charge in [-0.2, -0.15) is 4.31 Å². The fourth-order valence-corrected chi connectivity index (χ4v) is 5.62. The molecular formula is C20H21ClN2O5S. The lowest BCUT2D eigenvalue weighted by molar-refractivity contribution is 0.102. The summed E-state index contributed by atoms with van der Waals surface area (Å²) in [7, 11) is -3.78. The van der Waals surface area contributed by atoms with E-state index in [0.717, 1.165) is 12.8 Å². The van der Waals surface area contributed by atoms with Crippen molar-refractivity contribution in [3.8, 4) is 11.5 Å². The van der Waals surface area contributed by atoms with E-state index in [4.69, 9.17) is 21.1 Å². The van der Waals surface area contributed by atoms with Crippen molar-refractivity contribution < 1.29 is 22.7 Å². The molecule has 0 spiro atoms. The number of ether oxygens (including phenoxy) is 2. The maximum absolute atomic E-state index is 13.1. The van der Waals surface area contributed by atoms with E-state index >= 15 is 0 Å². The standard InChI is InChI=1S/C20H21ClN2O5S/c1-13-3-2-8-23(11-13)29(25,26)19-9-14(4-6-16(19)21)20(24)22-15-5-7-17-18(10-15)28-12-27-17/h4-7,9-10,13H,2-3,8,11-12H2,1H3,(H,22,24). The van der Waals surface area contributed by atoms with Crippen LogP contribution in [0.5, 0.6) is 11.5 Å². The summed E-state index contributed by atoms with van der Waals surface area (Å²) in [6, 6.07) is 9.32. The Balaban J connectivity index is 1.58. The van der Waals surface area contributed by atoms with Crippen LogP contribution in [0.25, 0.3) is 0 Å². The van der Waals surface area contributed by atoms with Gasteiger partial charge < -0.3 is 14.8 Å². The number of sulfonamides is 1. The third kappa shape index (κ3) is 4.05. The van der Waals surface area contributed by atoms with E-state index in [1.807, 2.05) is 6.92 Å². The second-order valence-electron chi connectivity index (χ2n) is 7.28. The summed E-state index contributed by atoms with van der Waals surface area (Å²) >= 11 is 6.20. The molecule has 0 aliphatic carbocycles. The second-order valence-corrected chi connectivity index (χ2v) is 9.59. The number of fused-ring (bicyclic) bond motifs is 1. The van der Waals surface area contributed by atoms with Gasteiger partial charge >= 0.3 is 0 Å². The van der Waals surface area contributed by atoms with E-state index in [2.05, 4.69) is 5.32 Å². The number of carbonyl (C=O) groups is 1. The Morgan fingerprint density at radius 2 is 1.97 bits per heavy atom. The van der Waals surface area contributed by atoms with Crippen LogP contribution in [0.4, 0.5) is 5.69 Å². The van der Waals surface area contributed by atoms with Crippen molar-refractivity contribution in [2.24, 2.45) is 5.92 Å². The first-order valence-corrected chi connectivity index (χ1v) is 11.2. The molecular weight excluding hydrogens is 416 g/mol. The zero-order valence-electron chi connectivity index (χ0n) is 15.9. The first-order valence-electron chi connectivity index (χ1n) is 9.35. The summed E-state index contributed by atoms with van der Waals surface area (Å²) in [5.41, 5.74) is 0.721. The number of amides is 1. The fraction of sp³-hybridized carbons (Fsp3) is 0.350. The van der Waals surface area contributed by atoms with Gasteiger partial charge in [0.15, 0.2) is 11.5 Å². The smallest absolute Gasteiger partial charge is 0.255 e. The molecule has 29 heavy (non-hydrogen) atoms. The Labute approximate surface area is 174 Å². The third-order valence-electron chi connectivity index (χ3n) is 5.06. The van der Waals surface area contributed by atoms with Crippen molar-refractivity contribution in [3.63, 3.8) is 0 Å². The molecule has 9 heteroatoms. The average molecular weight is 437 g/mol. The molecule has 2 aromatic rings. The van der Waals surface area contributed by atoms with Crippen LogP contribution in [0.2, 0.25) is 5.02 Å². The van der Waals surface area contributed by atoms with Crippen molar-refractivity contribution in [1.82, 2.24) is 4.31 Å². The molecule has 2 heterocycles. The molecule has 0 aromatic heterocycles. The maximum atomic E-state index is 13.1. The lowest BCUT2D eigenvalue weighted by Gasteiger charge is -2.30. The van der Waals surface area contributed by atoms with Crippen LogP contribution in [-0.4, -0.2) is 38.5 Å². The molecule has 2 aliphatic heterocycles. The Morgan fingerprint density at radius 1 is 1.17 bits per heavy atom. The molecule has 2 aliphatic rings. The molecule has 1 fully saturated rings. The Morgan fingerprint density at radius 3 is 2.76 bits per heavy atom. The Kier molecular flexibility index (Phi) is 5.42. The van der Waals surface area contributed by atoms with E-state index in [9.17, 15) is 13.2 Å². The number of hydrogen-bond donors (Lipinski definition) is 1. The van der Waals surface area contributed by atoms with Gasteiger partial charge in [-0.05, 0) is 49.1 Å². The van der Waals surface area contributed by atoms with Gasteiger partial charge in [-0.1, -0.05) is 18.5 Å². The van der Waals surface area contributed by atoms with Crippen LogP contribution < -0.4 is 14.8 Å². The highest BCUT2D eigenvalue weighted by Gasteiger charge is 2.31. The van der Waals surface area contributed by atoms with Crippen molar-refractivity contribution in [2.75, 3.05) is 25.2 Å². The van der Waals surface area contributed by atoms with E-state index in [1.54, 1.807) is 18.2 Å². The molecule has 7 nitrogen and oxygen atoms in total. The predicted octanol–water partition coefficient (Wildman–Crippen LogP) is 3.74. The number of anilines is 1. The van der Waals surface area contributed by atoms with Gasteiger partial charge in [0.2, 0.25) is 16.8 Å². The van der Waals surface area contributed by atoms with E-state index in [0.29, 0.717) is 30.3 Å². The summed E-state index contributed by atoms with van der Waals surface area (Å²) in [4.78, 5) is 12.6. The minimum Gasteiger partial charge on any atom is -0.454 e. The molecule has 154 valence electrons. The van der Waals surface area contributed by atoms with E-state index in [-0.39, 0.29) is 28.2 Å². The van der Waals surface area contributed by atoms with E-state index in [1.165, 1.54) is 22.5 Å². The highest BCUT2D eigenvalue weighted by atomic mass is 35.5. The third-order valence-corrected chi connectivity index (χ3v) is 7.41. The molecule has 1 atom stereocenters. The van der Waals surface area contributed by atoms with Gasteiger partial charge in [0, 0.05) is 30.4 Å². The Hall–Kier alpha value is -2.29. The van der Waals surface area contributed by atoms with Gasteiger partial charge in [-0.15, -0.1) is 0 Å². The number of nitrogens with one attached hydrogen (secondary N) is 1. The SMILES string of the molecule is CC1CCCN(S(=O)(=O)c2cc(C(=O)Nc3ccc4c(c3)OCO4)ccc2Cl)C1. The van der Waals surface area contributed by atoms with Gasteiger partial charge in [0.05, 0.1) is 5.02 Å². The van der Waals surface area contributed by atoms with Gasteiger partial charge in [-0.3, -0.25) is 4.79 Å². The topological polar surface area (TPSA) is 84.9 Å². The molecule has 1 unspecified atom stereocenters. The van der Waals surface area contributed by atoms with Crippen molar-refractivity contribution in [3.05, 3.63) is 47.0 Å².